The van der Waals surface area contributed by atoms with Gasteiger partial charge in [0.2, 0.25) is 5.91 Å². The van der Waals surface area contributed by atoms with Crippen molar-refractivity contribution in [3.05, 3.63) is 105 Å². The van der Waals surface area contributed by atoms with Crippen LogP contribution >= 0.6 is 0 Å². The predicted molar refractivity (Wildman–Crippen MR) is 180 cm³/mol. The predicted octanol–water partition coefficient (Wildman–Crippen LogP) is 6.12. The quantitative estimate of drug-likeness (QED) is 0.303. The fourth-order valence-corrected chi connectivity index (χ4v) is 6.92. The van der Waals surface area contributed by atoms with E-state index in [4.69, 9.17) is 4.74 Å². The Balaban J connectivity index is 1.23. The van der Waals surface area contributed by atoms with Crippen molar-refractivity contribution in [1.29, 1.82) is 0 Å². The van der Waals surface area contributed by atoms with Crippen molar-refractivity contribution in [2.75, 3.05) is 26.2 Å². The van der Waals surface area contributed by atoms with Gasteiger partial charge in [0.15, 0.2) is 0 Å². The monoisotopic (exact) mass is 605 g/mol. The molecule has 2 fully saturated rings. The number of carbonyl (C=O) groups excluding carboxylic acids is 2. The summed E-state index contributed by atoms with van der Waals surface area (Å²) in [6.07, 6.45) is 4.49. The molecule has 6 nitrogen and oxygen atoms in total. The molecule has 3 aliphatic rings. The number of ether oxygens (including phenoxy) is 1. The van der Waals surface area contributed by atoms with Crippen molar-refractivity contribution in [3.8, 4) is 5.75 Å². The fourth-order valence-electron chi connectivity index (χ4n) is 6.92. The molecule has 3 aromatic rings. The van der Waals surface area contributed by atoms with Gasteiger partial charge < -0.3 is 19.9 Å². The number of fused-ring (bicyclic) bond motifs is 2. The highest BCUT2D eigenvalue weighted by Gasteiger charge is 2.42. The minimum atomic E-state index is -0.168. The molecule has 2 aliphatic heterocycles. The van der Waals surface area contributed by atoms with Crippen molar-refractivity contribution in [2.24, 2.45) is 0 Å². The van der Waals surface area contributed by atoms with Crippen LogP contribution in [0.3, 0.4) is 0 Å². The lowest BCUT2D eigenvalue weighted by molar-refractivity contribution is -0.132. The van der Waals surface area contributed by atoms with Gasteiger partial charge in [0.1, 0.15) is 5.75 Å². The molecular weight excluding hydrogens is 558 g/mol. The van der Waals surface area contributed by atoms with Crippen molar-refractivity contribution >= 4 is 17.4 Å². The Labute approximate surface area is 268 Å². The van der Waals surface area contributed by atoms with Crippen molar-refractivity contribution < 1.29 is 14.3 Å². The second-order valence-electron chi connectivity index (χ2n) is 13.4. The highest BCUT2D eigenvalue weighted by Crippen LogP contribution is 2.37. The highest BCUT2D eigenvalue weighted by molar-refractivity contribution is 6.03. The zero-order valence-electron chi connectivity index (χ0n) is 27.5. The van der Waals surface area contributed by atoms with E-state index in [0.717, 1.165) is 54.6 Å². The topological polar surface area (TPSA) is 61.9 Å². The minimum Gasteiger partial charge on any atom is -0.493 e. The van der Waals surface area contributed by atoms with Gasteiger partial charge >= 0.3 is 0 Å². The molecule has 2 bridgehead atoms. The second-order valence-corrected chi connectivity index (χ2v) is 13.4. The molecule has 2 atom stereocenters. The number of hydrogen-bond acceptors (Lipinski definition) is 4. The van der Waals surface area contributed by atoms with E-state index in [1.165, 1.54) is 33.4 Å². The van der Waals surface area contributed by atoms with Gasteiger partial charge in [-0.2, -0.15) is 0 Å². The lowest BCUT2D eigenvalue weighted by atomic mass is 9.82. The molecule has 1 saturated heterocycles. The van der Waals surface area contributed by atoms with E-state index < -0.39 is 0 Å². The normalized spacial score (nSPS) is 19.4. The Morgan fingerprint density at radius 2 is 1.58 bits per heavy atom. The number of amides is 2. The largest absolute Gasteiger partial charge is 0.493 e. The summed E-state index contributed by atoms with van der Waals surface area (Å²) < 4.78 is 6.19. The minimum absolute atomic E-state index is 0.0720. The maximum Gasteiger partial charge on any atom is 0.252 e. The summed E-state index contributed by atoms with van der Waals surface area (Å²) in [5.41, 5.74) is 10.4. The Hall–Kier alpha value is -3.90. The maximum atomic E-state index is 14.5. The van der Waals surface area contributed by atoms with Gasteiger partial charge in [-0.25, -0.2) is 0 Å². The van der Waals surface area contributed by atoms with Crippen LogP contribution in [0, 0.1) is 27.7 Å². The van der Waals surface area contributed by atoms with Crippen LogP contribution in [-0.2, 0) is 22.4 Å². The summed E-state index contributed by atoms with van der Waals surface area (Å²) in [4.78, 5) is 31.0. The Morgan fingerprint density at radius 1 is 0.889 bits per heavy atom. The standard InChI is InChI=1S/C39H47N3O3/c1-25-6-8-30(9-7-25)16-18-42(34-14-15-34)39(44)38-35(22-33-23-41(29(5)43)24-36(38)40-33)32-12-10-31(11-13-32)17-19-45-37-21-26(2)20-27(3)28(37)4/h6-13,20-21,33-34,36,40H,14-19,22-24H2,1-5H3/t33-,36-/m1/s1. The highest BCUT2D eigenvalue weighted by atomic mass is 16.5. The number of carbonyl (C=O) groups is 2. The van der Waals surface area contributed by atoms with E-state index in [0.29, 0.717) is 32.3 Å². The van der Waals surface area contributed by atoms with Crippen molar-refractivity contribution in [3.63, 3.8) is 0 Å². The van der Waals surface area contributed by atoms with Gasteiger partial charge in [0, 0.05) is 50.6 Å². The van der Waals surface area contributed by atoms with E-state index in [2.05, 4.69) is 98.6 Å². The SMILES string of the molecule is CC(=O)N1C[C@H]2CC(c3ccc(CCOc4cc(C)cc(C)c4C)cc3)=C(C(=O)N(CCc3ccc(C)cc3)C3CC3)[C@@H](C1)N2. The second kappa shape index (κ2) is 13.2. The summed E-state index contributed by atoms with van der Waals surface area (Å²) in [5, 5.41) is 3.71. The number of rotatable bonds is 10. The van der Waals surface area contributed by atoms with Crippen molar-refractivity contribution in [1.82, 2.24) is 15.1 Å². The van der Waals surface area contributed by atoms with Crippen LogP contribution in [-0.4, -0.2) is 66.0 Å². The molecule has 2 amide bonds. The van der Waals surface area contributed by atoms with Crippen LogP contribution in [0.4, 0.5) is 0 Å². The molecule has 236 valence electrons. The van der Waals surface area contributed by atoms with Crippen LogP contribution in [0.2, 0.25) is 0 Å². The average molecular weight is 606 g/mol. The molecule has 6 heteroatoms. The molecular formula is C39H47N3O3. The van der Waals surface area contributed by atoms with E-state index in [9.17, 15) is 9.59 Å². The molecule has 0 radical (unpaired) electrons. The summed E-state index contributed by atoms with van der Waals surface area (Å²) in [5.74, 6) is 1.16. The maximum absolute atomic E-state index is 14.5. The third-order valence-corrected chi connectivity index (χ3v) is 9.81. The number of aryl methyl sites for hydroxylation is 3. The molecule has 3 aromatic carbocycles. The number of benzene rings is 3. The molecule has 1 N–H and O–H groups in total. The Kier molecular flexibility index (Phi) is 9.14. The third-order valence-electron chi connectivity index (χ3n) is 9.81. The van der Waals surface area contributed by atoms with E-state index >= 15 is 0 Å². The number of piperazine rings is 1. The number of nitrogens with zero attached hydrogens (tertiary/aromatic N) is 2. The molecule has 2 heterocycles. The zero-order valence-corrected chi connectivity index (χ0v) is 27.5. The molecule has 0 unspecified atom stereocenters. The number of hydrogen-bond donors (Lipinski definition) is 1. The molecule has 0 spiro atoms. The van der Waals surface area contributed by atoms with Crippen LogP contribution in [0.5, 0.6) is 5.75 Å². The molecule has 1 saturated carbocycles. The van der Waals surface area contributed by atoms with Gasteiger partial charge in [0.25, 0.3) is 5.91 Å². The summed E-state index contributed by atoms with van der Waals surface area (Å²) in [6.45, 7) is 12.6. The first-order valence-corrected chi connectivity index (χ1v) is 16.6. The molecule has 6 rings (SSSR count). The van der Waals surface area contributed by atoms with E-state index in [-0.39, 0.29) is 23.9 Å². The third kappa shape index (κ3) is 7.17. The summed E-state index contributed by atoms with van der Waals surface area (Å²) in [6, 6.07) is 21.9. The zero-order chi connectivity index (χ0) is 31.7. The first-order valence-electron chi connectivity index (χ1n) is 16.6. The summed E-state index contributed by atoms with van der Waals surface area (Å²) in [7, 11) is 0. The Bertz CT molecular complexity index is 1590. The average Bonchev–Trinajstić information content (AvgIpc) is 3.86. The van der Waals surface area contributed by atoms with Crippen LogP contribution in [0.15, 0.2) is 66.2 Å². The lowest BCUT2D eigenvalue weighted by Gasteiger charge is -2.44. The van der Waals surface area contributed by atoms with Crippen molar-refractivity contribution in [2.45, 2.75) is 84.8 Å². The van der Waals surface area contributed by atoms with Gasteiger partial charge in [0.05, 0.1) is 12.6 Å². The van der Waals surface area contributed by atoms with Crippen LogP contribution in [0.1, 0.15) is 65.1 Å². The van der Waals surface area contributed by atoms with Crippen LogP contribution in [0.25, 0.3) is 5.57 Å². The Morgan fingerprint density at radius 3 is 2.27 bits per heavy atom. The molecule has 0 aromatic heterocycles. The number of nitrogens with one attached hydrogen (secondary N) is 1. The van der Waals surface area contributed by atoms with E-state index in [1.807, 2.05) is 4.90 Å². The molecule has 1 aliphatic carbocycles. The first kappa shape index (κ1) is 31.1. The van der Waals surface area contributed by atoms with Gasteiger partial charge in [-0.05, 0) is 98.4 Å². The van der Waals surface area contributed by atoms with Gasteiger partial charge in [-0.1, -0.05) is 60.2 Å². The van der Waals surface area contributed by atoms with Gasteiger partial charge in [-0.3, -0.25) is 9.59 Å². The smallest absolute Gasteiger partial charge is 0.252 e. The van der Waals surface area contributed by atoms with Gasteiger partial charge in [-0.15, -0.1) is 0 Å². The summed E-state index contributed by atoms with van der Waals surface area (Å²) >= 11 is 0. The first-order chi connectivity index (χ1) is 21.7. The lowest BCUT2D eigenvalue weighted by Crippen LogP contribution is -2.62. The van der Waals surface area contributed by atoms with E-state index in [1.54, 1.807) is 6.92 Å². The van der Waals surface area contributed by atoms with Crippen LogP contribution < -0.4 is 10.1 Å². The molecule has 45 heavy (non-hydrogen) atoms. The fraction of sp³-hybridized carbons (Fsp3) is 0.436.